The molecule has 6 nitrogen and oxygen atoms in total. The average molecular weight is 796 g/mol. The van der Waals surface area contributed by atoms with Crippen LogP contribution < -0.4 is 9.47 Å². The van der Waals surface area contributed by atoms with Gasteiger partial charge in [0.15, 0.2) is 0 Å². The second-order valence-corrected chi connectivity index (χ2v) is 22.8. The minimum absolute atomic E-state index is 0.426. The van der Waals surface area contributed by atoms with E-state index in [1.807, 2.05) is 75.7 Å². The summed E-state index contributed by atoms with van der Waals surface area (Å²) >= 11 is 14.0. The molecule has 2 aromatic carbocycles. The van der Waals surface area contributed by atoms with Gasteiger partial charge in [0.1, 0.15) is 24.7 Å². The third-order valence-corrected chi connectivity index (χ3v) is 18.1. The van der Waals surface area contributed by atoms with Crippen LogP contribution in [-0.4, -0.2) is 52.1 Å². The van der Waals surface area contributed by atoms with Gasteiger partial charge < -0.3 is 26.6 Å². The summed E-state index contributed by atoms with van der Waals surface area (Å²) in [5.41, 5.74) is 0. The lowest BCUT2D eigenvalue weighted by atomic mass is 10.3. The number of halogens is 4. The Balaban J connectivity index is 1.76. The Labute approximate surface area is 245 Å². The Bertz CT molecular complexity index is 903. The van der Waals surface area contributed by atoms with E-state index in [0.717, 1.165) is 29.4 Å². The summed E-state index contributed by atoms with van der Waals surface area (Å²) in [7, 11) is -7.34. The molecule has 0 saturated heterocycles. The first-order valence-corrected chi connectivity index (χ1v) is 22.7. The number of hydrogen-bond acceptors (Lipinski definition) is 6. The Morgan fingerprint density at radius 2 is 0.914 bits per heavy atom. The SMILES string of the molecule is C[Si](C)(OCCOc1cccc(Br)c1Br)O[Si](C)(C)O[Si](C)(C)OCCOc1cccc(Br)c1Br. The lowest BCUT2D eigenvalue weighted by molar-refractivity contribution is 0.162. The van der Waals surface area contributed by atoms with Gasteiger partial charge in [0.05, 0.1) is 22.2 Å². The molecule has 0 amide bonds. The highest BCUT2D eigenvalue weighted by molar-refractivity contribution is 9.13. The fourth-order valence-corrected chi connectivity index (χ4v) is 16.4. The molecule has 0 saturated carbocycles. The first-order chi connectivity index (χ1) is 16.2. The minimum Gasteiger partial charge on any atom is -0.490 e. The van der Waals surface area contributed by atoms with Crippen molar-refractivity contribution in [3.63, 3.8) is 0 Å². The summed E-state index contributed by atoms with van der Waals surface area (Å²) in [6.45, 7) is 13.9. The predicted octanol–water partition coefficient (Wildman–Crippen LogP) is 8.37. The normalized spacial score (nSPS) is 12.6. The smallest absolute Gasteiger partial charge is 0.323 e. The maximum atomic E-state index is 6.43. The Kier molecular flexibility index (Phi) is 12.7. The number of hydrogen-bond donors (Lipinski definition) is 0. The molecule has 0 heterocycles. The molecule has 0 N–H and O–H groups in total. The van der Waals surface area contributed by atoms with E-state index in [1.54, 1.807) is 0 Å². The summed E-state index contributed by atoms with van der Waals surface area (Å²) in [6.07, 6.45) is 0. The van der Waals surface area contributed by atoms with Crippen molar-refractivity contribution < 1.29 is 26.6 Å². The van der Waals surface area contributed by atoms with Crippen LogP contribution in [0.4, 0.5) is 0 Å². The van der Waals surface area contributed by atoms with E-state index in [0.29, 0.717) is 26.4 Å². The molecule has 0 aliphatic heterocycles. The summed E-state index contributed by atoms with van der Waals surface area (Å²) < 4.78 is 40.4. The monoisotopic (exact) mass is 792 g/mol. The number of rotatable bonds is 14. The molecule has 0 fully saturated rings. The molecule has 0 unspecified atom stereocenters. The van der Waals surface area contributed by atoms with Crippen molar-refractivity contribution in [1.82, 2.24) is 0 Å². The van der Waals surface area contributed by atoms with Gasteiger partial charge in [0, 0.05) is 8.95 Å². The van der Waals surface area contributed by atoms with Gasteiger partial charge in [-0.1, -0.05) is 12.1 Å². The molecule has 196 valence electrons. The molecule has 2 aromatic rings. The van der Waals surface area contributed by atoms with Crippen LogP contribution in [0.3, 0.4) is 0 Å². The zero-order chi connectivity index (χ0) is 26.3. The van der Waals surface area contributed by atoms with Gasteiger partial charge in [-0.05, 0) is 127 Å². The molecule has 35 heavy (non-hydrogen) atoms. The quantitative estimate of drug-likeness (QED) is 0.142. The maximum absolute atomic E-state index is 6.43. The molecular weight excluding hydrogens is 764 g/mol. The van der Waals surface area contributed by atoms with Crippen molar-refractivity contribution >= 4 is 89.4 Å². The summed E-state index contributed by atoms with van der Waals surface area (Å²) in [4.78, 5) is 0. The van der Waals surface area contributed by atoms with E-state index in [2.05, 4.69) is 63.7 Å². The van der Waals surface area contributed by atoms with Crippen molar-refractivity contribution in [2.24, 2.45) is 0 Å². The van der Waals surface area contributed by atoms with Crippen LogP contribution in [-0.2, 0) is 17.1 Å². The predicted molar refractivity (Wildman–Crippen MR) is 161 cm³/mol. The third kappa shape index (κ3) is 11.4. The molecule has 13 heteroatoms. The van der Waals surface area contributed by atoms with Crippen molar-refractivity contribution in [2.45, 2.75) is 39.3 Å². The van der Waals surface area contributed by atoms with Crippen LogP contribution in [0.15, 0.2) is 54.3 Å². The zero-order valence-corrected chi connectivity index (χ0v) is 30.1. The molecule has 0 aliphatic carbocycles. The first kappa shape index (κ1) is 31.7. The number of benzene rings is 2. The Morgan fingerprint density at radius 3 is 1.29 bits per heavy atom. The van der Waals surface area contributed by atoms with E-state index >= 15 is 0 Å². The van der Waals surface area contributed by atoms with Crippen molar-refractivity contribution in [3.8, 4) is 11.5 Å². The number of ether oxygens (including phenoxy) is 2. The van der Waals surface area contributed by atoms with Crippen LogP contribution in [0.1, 0.15) is 0 Å². The van der Waals surface area contributed by atoms with Crippen LogP contribution in [0, 0.1) is 0 Å². The second-order valence-electron chi connectivity index (χ2n) is 8.90. The van der Waals surface area contributed by atoms with Crippen molar-refractivity contribution in [2.75, 3.05) is 26.4 Å². The van der Waals surface area contributed by atoms with Gasteiger partial charge in [0.2, 0.25) is 0 Å². The van der Waals surface area contributed by atoms with Gasteiger partial charge in [-0.25, -0.2) is 0 Å². The fourth-order valence-electron chi connectivity index (χ4n) is 3.33. The van der Waals surface area contributed by atoms with Gasteiger partial charge in [-0.15, -0.1) is 0 Å². The maximum Gasteiger partial charge on any atom is 0.323 e. The molecule has 0 spiro atoms. The van der Waals surface area contributed by atoms with E-state index in [1.165, 1.54) is 0 Å². The Morgan fingerprint density at radius 1 is 0.543 bits per heavy atom. The van der Waals surface area contributed by atoms with Crippen LogP contribution in [0.25, 0.3) is 0 Å². The third-order valence-electron chi connectivity index (χ3n) is 4.40. The highest BCUT2D eigenvalue weighted by atomic mass is 79.9. The highest BCUT2D eigenvalue weighted by Gasteiger charge is 2.41. The van der Waals surface area contributed by atoms with Crippen LogP contribution in [0.2, 0.25) is 39.3 Å². The van der Waals surface area contributed by atoms with Gasteiger partial charge in [-0.2, -0.15) is 0 Å². The molecule has 0 aromatic heterocycles. The minimum atomic E-state index is -2.49. The standard InChI is InChI=1S/C22H32Br4O6Si3/c1-33(2,29-15-13-27-19-11-7-9-17(23)21(19)25)31-35(5,6)32-34(3,4)30-16-14-28-20-12-8-10-18(24)22(20)26/h7-12H,13-16H2,1-6H3. The van der Waals surface area contributed by atoms with Gasteiger partial charge in [-0.3, -0.25) is 0 Å². The summed E-state index contributed by atoms with van der Waals surface area (Å²) in [5, 5.41) is 0. The van der Waals surface area contributed by atoms with Crippen molar-refractivity contribution in [3.05, 3.63) is 54.3 Å². The van der Waals surface area contributed by atoms with E-state index in [-0.39, 0.29) is 0 Å². The molecule has 2 rings (SSSR count). The molecule has 0 aliphatic rings. The van der Waals surface area contributed by atoms with Gasteiger partial charge in [0.25, 0.3) is 0 Å². The molecule has 0 bridgehead atoms. The van der Waals surface area contributed by atoms with E-state index in [9.17, 15) is 0 Å². The first-order valence-electron chi connectivity index (χ1n) is 11.0. The lowest BCUT2D eigenvalue weighted by Gasteiger charge is -2.37. The van der Waals surface area contributed by atoms with Crippen LogP contribution in [0.5, 0.6) is 11.5 Å². The zero-order valence-electron chi connectivity index (χ0n) is 20.8. The summed E-state index contributed by atoms with van der Waals surface area (Å²) in [5.74, 6) is 1.53. The van der Waals surface area contributed by atoms with E-state index in [4.69, 9.17) is 26.6 Å². The lowest BCUT2D eigenvalue weighted by Crippen LogP contribution is -2.54. The largest absolute Gasteiger partial charge is 0.490 e. The van der Waals surface area contributed by atoms with Crippen LogP contribution >= 0.6 is 63.7 Å². The molecule has 0 atom stereocenters. The fraction of sp³-hybridized carbons (Fsp3) is 0.455. The molecule has 0 radical (unpaired) electrons. The van der Waals surface area contributed by atoms with Crippen molar-refractivity contribution in [1.29, 1.82) is 0 Å². The molecular formula is C22H32Br4O6Si3. The second kappa shape index (κ2) is 14.0. The Hall–Kier alpha value is 0.451. The topological polar surface area (TPSA) is 55.4 Å². The average Bonchev–Trinajstić information content (AvgIpc) is 2.72. The summed E-state index contributed by atoms with van der Waals surface area (Å²) in [6, 6.07) is 11.6. The van der Waals surface area contributed by atoms with E-state index < -0.39 is 25.7 Å². The highest BCUT2D eigenvalue weighted by Crippen LogP contribution is 2.33. The van der Waals surface area contributed by atoms with Gasteiger partial charge >= 0.3 is 25.7 Å².